The Morgan fingerprint density at radius 1 is 1.12 bits per heavy atom. The number of aliphatic carboxylic acids is 1. The number of carbonyl (C=O) groups is 2. The third-order valence-corrected chi connectivity index (χ3v) is 6.49. The van der Waals surface area contributed by atoms with Gasteiger partial charge in [0.15, 0.2) is 6.61 Å². The lowest BCUT2D eigenvalue weighted by molar-refractivity contribution is -0.143. The van der Waals surface area contributed by atoms with Gasteiger partial charge in [0.2, 0.25) is 10.0 Å². The van der Waals surface area contributed by atoms with E-state index < -0.39 is 21.9 Å². The molecule has 0 aromatic heterocycles. The third kappa shape index (κ3) is 4.53. The lowest BCUT2D eigenvalue weighted by Crippen LogP contribution is -2.40. The van der Waals surface area contributed by atoms with Gasteiger partial charge in [-0.05, 0) is 49.9 Å². The van der Waals surface area contributed by atoms with Crippen LogP contribution in [-0.2, 0) is 19.6 Å². The topological polar surface area (TPSA) is 113 Å². The Morgan fingerprint density at radius 2 is 1.73 bits per heavy atom. The monoisotopic (exact) mass is 382 g/mol. The predicted molar refractivity (Wildman–Crippen MR) is 92.2 cm³/mol. The molecule has 0 radical (unpaired) electrons. The zero-order valence-corrected chi connectivity index (χ0v) is 15.1. The second kappa shape index (κ2) is 7.63. The summed E-state index contributed by atoms with van der Waals surface area (Å²) < 4.78 is 32.0. The van der Waals surface area contributed by atoms with Gasteiger partial charge in [0.25, 0.3) is 5.91 Å². The predicted octanol–water partition coefficient (Wildman–Crippen LogP) is 0.829. The summed E-state index contributed by atoms with van der Waals surface area (Å²) in [6.07, 6.45) is 2.63. The summed E-state index contributed by atoms with van der Waals surface area (Å²) in [4.78, 5) is 22.7. The lowest BCUT2D eigenvalue weighted by Gasteiger charge is -2.29. The fourth-order valence-corrected chi connectivity index (χ4v) is 4.32. The quantitative estimate of drug-likeness (QED) is 0.722. The number of hydrogen-bond acceptors (Lipinski definition) is 5. The highest BCUT2D eigenvalue weighted by atomic mass is 32.2. The number of carboxylic acids is 1. The first-order valence-corrected chi connectivity index (χ1v) is 10.1. The summed E-state index contributed by atoms with van der Waals surface area (Å²) in [7, 11) is -3.66. The first kappa shape index (κ1) is 18.7. The number of nitrogens with one attached hydrogen (secondary N) is 1. The van der Waals surface area contributed by atoms with Crippen molar-refractivity contribution in [2.24, 2.45) is 5.92 Å². The molecule has 0 unspecified atom stereocenters. The van der Waals surface area contributed by atoms with Gasteiger partial charge in [0, 0.05) is 19.1 Å². The number of carboxylic acid groups (broad SMARTS) is 1. The Labute approximate surface area is 152 Å². The molecule has 1 aliphatic carbocycles. The number of hydrogen-bond donors (Lipinski definition) is 2. The van der Waals surface area contributed by atoms with E-state index in [0.717, 1.165) is 12.8 Å². The van der Waals surface area contributed by atoms with Gasteiger partial charge in [-0.25, -0.2) is 8.42 Å². The maximum Gasteiger partial charge on any atom is 0.306 e. The van der Waals surface area contributed by atoms with E-state index in [4.69, 9.17) is 9.84 Å². The summed E-state index contributed by atoms with van der Waals surface area (Å²) in [6, 6.07) is 6.17. The number of amides is 1. The van der Waals surface area contributed by atoms with Crippen LogP contribution in [0.2, 0.25) is 0 Å². The van der Waals surface area contributed by atoms with Crippen LogP contribution >= 0.6 is 0 Å². The SMILES string of the molecule is O=C(COc1ccc(S(=O)(=O)N2CCC(C(=O)O)CC2)cc1)NC1CC1. The van der Waals surface area contributed by atoms with Gasteiger partial charge in [0.05, 0.1) is 10.8 Å². The molecule has 1 saturated heterocycles. The van der Waals surface area contributed by atoms with Crippen LogP contribution in [0.5, 0.6) is 5.75 Å². The van der Waals surface area contributed by atoms with E-state index in [2.05, 4.69) is 5.32 Å². The van der Waals surface area contributed by atoms with E-state index in [1.807, 2.05) is 0 Å². The number of benzene rings is 1. The number of nitrogens with zero attached hydrogens (tertiary/aromatic N) is 1. The van der Waals surface area contributed by atoms with Gasteiger partial charge in [-0.2, -0.15) is 4.31 Å². The van der Waals surface area contributed by atoms with E-state index in [1.165, 1.54) is 28.6 Å². The smallest absolute Gasteiger partial charge is 0.306 e. The largest absolute Gasteiger partial charge is 0.484 e. The van der Waals surface area contributed by atoms with Crippen molar-refractivity contribution in [3.63, 3.8) is 0 Å². The summed E-state index contributed by atoms with van der Waals surface area (Å²) in [6.45, 7) is 0.281. The maximum atomic E-state index is 12.6. The van der Waals surface area contributed by atoms with Crippen molar-refractivity contribution in [3.05, 3.63) is 24.3 Å². The average Bonchev–Trinajstić information content (AvgIpc) is 3.44. The van der Waals surface area contributed by atoms with E-state index in [9.17, 15) is 18.0 Å². The molecule has 2 aliphatic rings. The van der Waals surface area contributed by atoms with Crippen LogP contribution in [0.15, 0.2) is 29.2 Å². The molecule has 0 spiro atoms. The van der Waals surface area contributed by atoms with Crippen molar-refractivity contribution >= 4 is 21.9 Å². The molecule has 1 aromatic rings. The molecule has 1 aliphatic heterocycles. The Morgan fingerprint density at radius 3 is 2.27 bits per heavy atom. The van der Waals surface area contributed by atoms with Crippen LogP contribution in [0.25, 0.3) is 0 Å². The summed E-state index contributed by atoms with van der Waals surface area (Å²) in [5, 5.41) is 11.8. The van der Waals surface area contributed by atoms with Crippen LogP contribution in [0.3, 0.4) is 0 Å². The minimum atomic E-state index is -3.66. The van der Waals surface area contributed by atoms with Crippen LogP contribution in [0, 0.1) is 5.92 Å². The summed E-state index contributed by atoms with van der Waals surface area (Å²) in [5.74, 6) is -1.14. The zero-order chi connectivity index (χ0) is 18.7. The molecule has 2 N–H and O–H groups in total. The highest BCUT2D eigenvalue weighted by Gasteiger charge is 2.32. The van der Waals surface area contributed by atoms with Crippen LogP contribution in [0.1, 0.15) is 25.7 Å². The number of ether oxygens (including phenoxy) is 1. The van der Waals surface area contributed by atoms with Gasteiger partial charge in [0.1, 0.15) is 5.75 Å². The van der Waals surface area contributed by atoms with Crippen LogP contribution in [-0.4, -0.2) is 55.4 Å². The minimum absolute atomic E-state index is 0.106. The summed E-state index contributed by atoms with van der Waals surface area (Å²) in [5.41, 5.74) is 0. The number of piperidine rings is 1. The highest BCUT2D eigenvalue weighted by molar-refractivity contribution is 7.89. The zero-order valence-electron chi connectivity index (χ0n) is 14.3. The Hall–Kier alpha value is -2.13. The molecule has 1 amide bonds. The Bertz CT molecular complexity index is 765. The van der Waals surface area contributed by atoms with Crippen molar-refractivity contribution in [1.82, 2.24) is 9.62 Å². The van der Waals surface area contributed by atoms with Gasteiger partial charge in [-0.3, -0.25) is 9.59 Å². The van der Waals surface area contributed by atoms with E-state index in [0.29, 0.717) is 18.6 Å². The molecule has 0 atom stereocenters. The Balaban J connectivity index is 1.56. The molecule has 2 fully saturated rings. The highest BCUT2D eigenvalue weighted by Crippen LogP contribution is 2.25. The van der Waals surface area contributed by atoms with Crippen molar-refractivity contribution in [3.8, 4) is 5.75 Å². The first-order chi connectivity index (χ1) is 12.4. The summed E-state index contributed by atoms with van der Waals surface area (Å²) >= 11 is 0. The molecule has 1 saturated carbocycles. The van der Waals surface area contributed by atoms with E-state index in [-0.39, 0.29) is 36.5 Å². The second-order valence-corrected chi connectivity index (χ2v) is 8.56. The number of rotatable bonds is 7. The van der Waals surface area contributed by atoms with Gasteiger partial charge in [-0.15, -0.1) is 0 Å². The molecular formula is C17H22N2O6S. The minimum Gasteiger partial charge on any atom is -0.484 e. The molecule has 9 heteroatoms. The van der Waals surface area contributed by atoms with Crippen LogP contribution in [0.4, 0.5) is 0 Å². The Kier molecular flexibility index (Phi) is 5.47. The van der Waals surface area contributed by atoms with Crippen LogP contribution < -0.4 is 10.1 Å². The molecular weight excluding hydrogens is 360 g/mol. The molecule has 142 valence electrons. The van der Waals surface area contributed by atoms with Gasteiger partial charge < -0.3 is 15.2 Å². The number of sulfonamides is 1. The van der Waals surface area contributed by atoms with Crippen molar-refractivity contribution in [1.29, 1.82) is 0 Å². The molecule has 8 nitrogen and oxygen atoms in total. The van der Waals surface area contributed by atoms with Crippen molar-refractivity contribution in [2.75, 3.05) is 19.7 Å². The second-order valence-electron chi connectivity index (χ2n) is 6.62. The molecule has 26 heavy (non-hydrogen) atoms. The van der Waals surface area contributed by atoms with E-state index >= 15 is 0 Å². The number of carbonyl (C=O) groups excluding carboxylic acids is 1. The first-order valence-electron chi connectivity index (χ1n) is 8.61. The maximum absolute atomic E-state index is 12.6. The average molecular weight is 382 g/mol. The van der Waals surface area contributed by atoms with E-state index in [1.54, 1.807) is 0 Å². The van der Waals surface area contributed by atoms with Crippen molar-refractivity contribution in [2.45, 2.75) is 36.6 Å². The molecule has 1 heterocycles. The lowest BCUT2D eigenvalue weighted by atomic mass is 9.99. The normalized spacial score (nSPS) is 19.1. The molecule has 1 aromatic carbocycles. The third-order valence-electron chi connectivity index (χ3n) is 4.58. The standard InChI is InChI=1S/C17H22N2O6S/c20-16(18-13-1-2-13)11-25-14-3-5-15(6-4-14)26(23,24)19-9-7-12(8-10-19)17(21)22/h3-6,12-13H,1-2,7-11H2,(H,18,20)(H,21,22). The fraction of sp³-hybridized carbons (Fsp3) is 0.529. The molecule has 0 bridgehead atoms. The van der Waals surface area contributed by atoms with Crippen molar-refractivity contribution < 1.29 is 27.9 Å². The van der Waals surface area contributed by atoms with Gasteiger partial charge >= 0.3 is 5.97 Å². The van der Waals surface area contributed by atoms with Gasteiger partial charge in [-0.1, -0.05) is 0 Å². The fourth-order valence-electron chi connectivity index (χ4n) is 2.85. The molecule has 3 rings (SSSR count).